The maximum Gasteiger partial charge on any atom is 0.270 e. The molecular weight excluding hydrogens is 626 g/mol. The first kappa shape index (κ1) is 27.1. The Morgan fingerprint density at radius 1 is 1.11 bits per heavy atom. The van der Waals surface area contributed by atoms with Gasteiger partial charge in [0, 0.05) is 11.3 Å². The second-order valence-corrected chi connectivity index (χ2v) is 10.6. The van der Waals surface area contributed by atoms with Crippen molar-refractivity contribution in [2.75, 3.05) is 23.4 Å². The zero-order valence-electron chi connectivity index (χ0n) is 19.9. The molecular formula is C27H22FIN2O4S2. The van der Waals surface area contributed by atoms with E-state index in [1.54, 1.807) is 30.3 Å². The predicted molar refractivity (Wildman–Crippen MR) is 158 cm³/mol. The van der Waals surface area contributed by atoms with Gasteiger partial charge in [0.25, 0.3) is 11.8 Å². The number of ether oxygens (including phenoxy) is 2. The van der Waals surface area contributed by atoms with Crippen LogP contribution in [0.1, 0.15) is 29.8 Å². The molecule has 0 saturated carbocycles. The maximum atomic E-state index is 13.3. The number of nitrogens with zero attached hydrogens (tertiary/aromatic N) is 1. The minimum atomic E-state index is -0.392. The lowest BCUT2D eigenvalue weighted by Gasteiger charge is -2.16. The number of thioether (sulfide) groups is 1. The summed E-state index contributed by atoms with van der Waals surface area (Å²) in [6, 6.07) is 15.9. The summed E-state index contributed by atoms with van der Waals surface area (Å²) in [6.07, 6.45) is 1.77. The lowest BCUT2D eigenvalue weighted by molar-refractivity contribution is -0.113. The van der Waals surface area contributed by atoms with Crippen LogP contribution >= 0.6 is 46.6 Å². The van der Waals surface area contributed by atoms with Gasteiger partial charge in [-0.15, -0.1) is 0 Å². The second-order valence-electron chi connectivity index (χ2n) is 7.72. The van der Waals surface area contributed by atoms with Gasteiger partial charge in [0.2, 0.25) is 0 Å². The molecule has 1 aliphatic heterocycles. The molecule has 1 fully saturated rings. The highest BCUT2D eigenvalue weighted by atomic mass is 127. The molecule has 3 aromatic rings. The quantitative estimate of drug-likeness (QED) is 0.163. The van der Waals surface area contributed by atoms with Crippen LogP contribution in [0.4, 0.5) is 15.8 Å². The van der Waals surface area contributed by atoms with Gasteiger partial charge in [-0.3, -0.25) is 14.5 Å². The Morgan fingerprint density at radius 3 is 2.54 bits per heavy atom. The Hall–Kier alpha value is -2.96. The third kappa shape index (κ3) is 6.31. The zero-order chi connectivity index (χ0) is 26.5. The molecule has 0 radical (unpaired) electrons. The summed E-state index contributed by atoms with van der Waals surface area (Å²) < 4.78 is 25.9. The molecule has 37 heavy (non-hydrogen) atoms. The van der Waals surface area contributed by atoms with Gasteiger partial charge in [-0.25, -0.2) is 4.39 Å². The summed E-state index contributed by atoms with van der Waals surface area (Å²) in [4.78, 5) is 27.9. The first-order chi connectivity index (χ1) is 17.8. The highest BCUT2D eigenvalue weighted by molar-refractivity contribution is 14.1. The van der Waals surface area contributed by atoms with Crippen LogP contribution in [-0.4, -0.2) is 29.3 Å². The summed E-state index contributed by atoms with van der Waals surface area (Å²) in [6.45, 7) is 4.79. The molecule has 0 spiro atoms. The van der Waals surface area contributed by atoms with Crippen molar-refractivity contribution in [3.63, 3.8) is 0 Å². The molecule has 3 aromatic carbocycles. The number of amides is 2. The third-order valence-electron chi connectivity index (χ3n) is 5.18. The van der Waals surface area contributed by atoms with Crippen LogP contribution in [-0.2, 0) is 4.79 Å². The molecule has 2 amide bonds. The van der Waals surface area contributed by atoms with E-state index in [-0.39, 0.29) is 11.8 Å². The van der Waals surface area contributed by atoms with E-state index in [1.807, 2.05) is 26.0 Å². The minimum Gasteiger partial charge on any atom is -0.490 e. The van der Waals surface area contributed by atoms with Crippen LogP contribution in [0.3, 0.4) is 0 Å². The van der Waals surface area contributed by atoms with E-state index < -0.39 is 5.82 Å². The molecule has 0 unspecified atom stereocenters. The van der Waals surface area contributed by atoms with Crippen LogP contribution in [0.25, 0.3) is 6.08 Å². The molecule has 190 valence electrons. The van der Waals surface area contributed by atoms with E-state index in [1.165, 1.54) is 40.9 Å². The normalized spacial score (nSPS) is 14.3. The Morgan fingerprint density at radius 2 is 1.84 bits per heavy atom. The SMILES string of the molecule is CCOc1cc(/C=C2/SC(=S)N(c3cccc(C(=O)Nc4ccc(F)cc4)c3)C2=O)cc(I)c1OCC. The first-order valence-corrected chi connectivity index (χ1v) is 13.6. The third-order valence-corrected chi connectivity index (χ3v) is 7.28. The van der Waals surface area contributed by atoms with Crippen molar-refractivity contribution in [3.05, 3.63) is 86.1 Å². The molecule has 10 heteroatoms. The zero-order valence-corrected chi connectivity index (χ0v) is 23.7. The number of nitrogens with one attached hydrogen (secondary N) is 1. The number of thiocarbonyl (C=S) groups is 1. The molecule has 0 aromatic heterocycles. The van der Waals surface area contributed by atoms with Gasteiger partial charge in [-0.2, -0.15) is 0 Å². The summed E-state index contributed by atoms with van der Waals surface area (Å²) in [5.41, 5.74) is 2.06. The number of anilines is 2. The smallest absolute Gasteiger partial charge is 0.270 e. The Balaban J connectivity index is 1.58. The predicted octanol–water partition coefficient (Wildman–Crippen LogP) is 6.89. The first-order valence-electron chi connectivity index (χ1n) is 11.3. The number of halogens is 2. The summed E-state index contributed by atoms with van der Waals surface area (Å²) >= 11 is 8.88. The van der Waals surface area contributed by atoms with Crippen molar-refractivity contribution in [2.24, 2.45) is 0 Å². The Labute approximate surface area is 237 Å². The van der Waals surface area contributed by atoms with E-state index in [0.717, 1.165) is 9.13 Å². The number of benzene rings is 3. The Kier molecular flexibility index (Phi) is 8.83. The van der Waals surface area contributed by atoms with Crippen LogP contribution in [0.5, 0.6) is 11.5 Å². The largest absolute Gasteiger partial charge is 0.490 e. The van der Waals surface area contributed by atoms with Crippen molar-refractivity contribution < 1.29 is 23.5 Å². The van der Waals surface area contributed by atoms with Crippen LogP contribution in [0.15, 0.2) is 65.6 Å². The van der Waals surface area contributed by atoms with Gasteiger partial charge in [-0.05, 0) is 103 Å². The van der Waals surface area contributed by atoms with Crippen molar-refractivity contribution in [3.8, 4) is 11.5 Å². The Bertz CT molecular complexity index is 1400. The van der Waals surface area contributed by atoms with Crippen molar-refractivity contribution in [1.29, 1.82) is 0 Å². The summed E-state index contributed by atoms with van der Waals surface area (Å²) in [5, 5.41) is 2.72. The van der Waals surface area contributed by atoms with Crippen LogP contribution in [0.2, 0.25) is 0 Å². The number of carbonyl (C=O) groups is 2. The molecule has 4 rings (SSSR count). The molecule has 0 aliphatic carbocycles. The van der Waals surface area contributed by atoms with E-state index in [4.69, 9.17) is 21.7 Å². The molecule has 1 aliphatic rings. The highest BCUT2D eigenvalue weighted by Crippen LogP contribution is 2.39. The molecule has 0 bridgehead atoms. The van der Waals surface area contributed by atoms with Gasteiger partial charge in [0.15, 0.2) is 15.8 Å². The van der Waals surface area contributed by atoms with Gasteiger partial charge in [0.05, 0.1) is 27.4 Å². The average molecular weight is 649 g/mol. The van der Waals surface area contributed by atoms with Gasteiger partial charge >= 0.3 is 0 Å². The average Bonchev–Trinajstić information content (AvgIpc) is 3.15. The second kappa shape index (κ2) is 12.1. The van der Waals surface area contributed by atoms with E-state index in [9.17, 15) is 14.0 Å². The van der Waals surface area contributed by atoms with Crippen LogP contribution < -0.4 is 19.7 Å². The fourth-order valence-electron chi connectivity index (χ4n) is 3.58. The fraction of sp³-hybridized carbons (Fsp3) is 0.148. The lowest BCUT2D eigenvalue weighted by atomic mass is 10.1. The lowest BCUT2D eigenvalue weighted by Crippen LogP contribution is -2.27. The van der Waals surface area contributed by atoms with E-state index in [2.05, 4.69) is 27.9 Å². The standard InChI is InChI=1S/C27H22FIN2O4S2/c1-3-34-22-13-16(12-21(29)24(22)35-4-2)14-23-26(33)31(27(36)37-23)20-7-5-6-17(15-20)25(32)30-19-10-8-18(28)9-11-19/h5-15H,3-4H2,1-2H3,(H,30,32)/b23-14+. The van der Waals surface area contributed by atoms with Crippen molar-refractivity contribution in [1.82, 2.24) is 0 Å². The van der Waals surface area contributed by atoms with E-state index in [0.29, 0.717) is 50.9 Å². The number of hydrogen-bond acceptors (Lipinski definition) is 6. The fourth-order valence-corrected chi connectivity index (χ4v) is 5.66. The minimum absolute atomic E-state index is 0.284. The summed E-state index contributed by atoms with van der Waals surface area (Å²) in [7, 11) is 0. The number of carbonyl (C=O) groups excluding carboxylic acids is 2. The molecule has 0 atom stereocenters. The van der Waals surface area contributed by atoms with Gasteiger partial charge < -0.3 is 14.8 Å². The number of hydrogen-bond donors (Lipinski definition) is 1. The van der Waals surface area contributed by atoms with Crippen molar-refractivity contribution in [2.45, 2.75) is 13.8 Å². The van der Waals surface area contributed by atoms with E-state index >= 15 is 0 Å². The molecule has 1 heterocycles. The van der Waals surface area contributed by atoms with Gasteiger partial charge in [0.1, 0.15) is 5.82 Å². The summed E-state index contributed by atoms with van der Waals surface area (Å²) in [5.74, 6) is 0.217. The molecule has 1 N–H and O–H groups in total. The van der Waals surface area contributed by atoms with Crippen molar-refractivity contribution >= 4 is 80.2 Å². The maximum absolute atomic E-state index is 13.3. The number of rotatable bonds is 8. The molecule has 6 nitrogen and oxygen atoms in total. The highest BCUT2D eigenvalue weighted by Gasteiger charge is 2.33. The monoisotopic (exact) mass is 648 g/mol. The van der Waals surface area contributed by atoms with Crippen LogP contribution in [0, 0.1) is 9.39 Å². The van der Waals surface area contributed by atoms with Gasteiger partial charge in [-0.1, -0.05) is 30.0 Å². The topological polar surface area (TPSA) is 67.9 Å². The molecule has 1 saturated heterocycles.